The van der Waals surface area contributed by atoms with Crippen molar-refractivity contribution in [1.29, 1.82) is 0 Å². The third-order valence-corrected chi connectivity index (χ3v) is 6.34. The molecule has 0 saturated heterocycles. The summed E-state index contributed by atoms with van der Waals surface area (Å²) in [5.74, 6) is 1.03. The summed E-state index contributed by atoms with van der Waals surface area (Å²) in [7, 11) is 3.49. The lowest BCUT2D eigenvalue weighted by Gasteiger charge is -2.13. The Balaban J connectivity index is 1.90. The van der Waals surface area contributed by atoms with E-state index in [0.717, 1.165) is 43.3 Å². The average molecular weight is 636 g/mol. The van der Waals surface area contributed by atoms with E-state index in [2.05, 4.69) is 63.6 Å². The van der Waals surface area contributed by atoms with Gasteiger partial charge in [-0.05, 0) is 110 Å². The second kappa shape index (κ2) is 13.8. The first-order valence-corrected chi connectivity index (χ1v) is 12.3. The van der Waals surface area contributed by atoms with Gasteiger partial charge in [-0.15, -0.1) is 0 Å². The van der Waals surface area contributed by atoms with Crippen LogP contribution >= 0.6 is 47.8 Å². The van der Waals surface area contributed by atoms with E-state index in [4.69, 9.17) is 9.47 Å². The lowest BCUT2D eigenvalue weighted by atomic mass is 10.1. The molecule has 0 heterocycles. The predicted molar refractivity (Wildman–Crippen MR) is 136 cm³/mol. The first kappa shape index (κ1) is 26.6. The van der Waals surface area contributed by atoms with Gasteiger partial charge in [0.1, 0.15) is 17.2 Å². The Bertz CT molecular complexity index is 931. The van der Waals surface area contributed by atoms with Crippen molar-refractivity contribution in [3.05, 3.63) is 54.9 Å². The molecule has 0 aromatic heterocycles. The van der Waals surface area contributed by atoms with Crippen LogP contribution in [0.4, 0.5) is 0 Å². The number of benzene rings is 2. The quantitative estimate of drug-likeness (QED) is 0.136. The first-order chi connectivity index (χ1) is 15.4. The van der Waals surface area contributed by atoms with Crippen LogP contribution in [0, 0.1) is 0 Å². The number of carbonyl (C=O) groups is 1. The minimum atomic E-state index is -0.415. The van der Waals surface area contributed by atoms with Gasteiger partial charge in [0.2, 0.25) is 0 Å². The normalized spacial score (nSPS) is 11.3. The van der Waals surface area contributed by atoms with E-state index in [1.54, 1.807) is 13.2 Å². The Kier molecular flexibility index (Phi) is 11.5. The second-order valence-corrected chi connectivity index (χ2v) is 9.46. The second-order valence-electron chi connectivity index (χ2n) is 6.89. The number of carbonyl (C=O) groups excluding carboxylic acids is 1. The van der Waals surface area contributed by atoms with Crippen LogP contribution in [0.3, 0.4) is 0 Å². The van der Waals surface area contributed by atoms with Crippen molar-refractivity contribution in [3.8, 4) is 11.5 Å². The summed E-state index contributed by atoms with van der Waals surface area (Å²) in [5.41, 5.74) is 1.88. The van der Waals surface area contributed by atoms with E-state index in [-0.39, 0.29) is 12.1 Å². The van der Waals surface area contributed by atoms with E-state index in [0.29, 0.717) is 25.3 Å². The molecule has 32 heavy (non-hydrogen) atoms. The smallest absolute Gasteiger partial charge is 0.269 e. The van der Waals surface area contributed by atoms with Crippen molar-refractivity contribution in [2.75, 3.05) is 33.9 Å². The zero-order chi connectivity index (χ0) is 23.5. The predicted octanol–water partition coefficient (Wildman–Crippen LogP) is 4.70. The monoisotopic (exact) mass is 633 g/mol. The van der Waals surface area contributed by atoms with Gasteiger partial charge in [0.05, 0.1) is 27.1 Å². The van der Waals surface area contributed by atoms with Gasteiger partial charge < -0.3 is 25.3 Å². The fourth-order valence-corrected chi connectivity index (χ4v) is 5.01. The van der Waals surface area contributed by atoms with Gasteiger partial charge >= 0.3 is 0 Å². The van der Waals surface area contributed by atoms with Crippen LogP contribution in [0.15, 0.2) is 48.9 Å². The number of nitrogens with zero attached hydrogens (tertiary/aromatic N) is 1. The fourth-order valence-electron chi connectivity index (χ4n) is 2.91. The van der Waals surface area contributed by atoms with E-state index >= 15 is 0 Å². The Morgan fingerprint density at radius 2 is 1.75 bits per heavy atom. The highest BCUT2D eigenvalue weighted by atomic mass is 79.9. The van der Waals surface area contributed by atoms with E-state index < -0.39 is 5.91 Å². The van der Waals surface area contributed by atoms with E-state index in [9.17, 15) is 10.0 Å². The van der Waals surface area contributed by atoms with Crippen LogP contribution < -0.4 is 20.1 Å². The minimum Gasteiger partial charge on any atom is -0.496 e. The molecule has 0 bridgehead atoms. The maximum absolute atomic E-state index is 12.5. The number of methoxy groups -OCH3 is 1. The number of hydrogen-bond donors (Lipinski definition) is 3. The molecule has 0 aliphatic rings. The van der Waals surface area contributed by atoms with Gasteiger partial charge in [-0.2, -0.15) is 0 Å². The Hall–Kier alpha value is -1.62. The SMILES string of the molecule is CNCCCOc1c(Br)cc(CCNC(=O)C(Cc2ccc(OC)c(Br)c2)=NO)cc1Br. The van der Waals surface area contributed by atoms with Gasteiger partial charge in [-0.25, -0.2) is 0 Å². The summed E-state index contributed by atoms with van der Waals surface area (Å²) >= 11 is 10.5. The number of oxime groups is 1. The average Bonchev–Trinajstić information content (AvgIpc) is 2.76. The van der Waals surface area contributed by atoms with Crippen LogP contribution in [0.25, 0.3) is 0 Å². The highest BCUT2D eigenvalue weighted by molar-refractivity contribution is 9.11. The maximum atomic E-state index is 12.5. The van der Waals surface area contributed by atoms with Crippen molar-refractivity contribution >= 4 is 59.4 Å². The van der Waals surface area contributed by atoms with E-state index in [1.165, 1.54) is 0 Å². The van der Waals surface area contributed by atoms with Crippen molar-refractivity contribution in [3.63, 3.8) is 0 Å². The summed E-state index contributed by atoms with van der Waals surface area (Å²) in [5, 5.41) is 18.4. The number of hydrogen-bond acceptors (Lipinski definition) is 6. The van der Waals surface area contributed by atoms with Gasteiger partial charge in [-0.1, -0.05) is 11.2 Å². The molecule has 0 spiro atoms. The largest absolute Gasteiger partial charge is 0.496 e. The van der Waals surface area contributed by atoms with Crippen molar-refractivity contribution in [2.45, 2.75) is 19.3 Å². The van der Waals surface area contributed by atoms with Gasteiger partial charge in [0.25, 0.3) is 5.91 Å². The standard InChI is InChI=1S/C22H26Br3N3O4/c1-26-7-3-9-32-21-17(24)11-15(12-18(21)25)6-8-27-22(29)19(28-30)13-14-4-5-20(31-2)16(23)10-14/h4-5,10-12,26,30H,3,6-9,13H2,1-2H3,(H,27,29). The molecular weight excluding hydrogens is 610 g/mol. The third-order valence-electron chi connectivity index (χ3n) is 4.55. The van der Waals surface area contributed by atoms with Crippen LogP contribution in [-0.2, 0) is 17.6 Å². The Labute approximate surface area is 213 Å². The van der Waals surface area contributed by atoms with Crippen molar-refractivity contribution in [2.24, 2.45) is 5.16 Å². The molecule has 0 aliphatic heterocycles. The minimum absolute atomic E-state index is 0.0368. The molecule has 0 saturated carbocycles. The summed E-state index contributed by atoms with van der Waals surface area (Å²) in [6, 6.07) is 9.38. The zero-order valence-corrected chi connectivity index (χ0v) is 22.6. The molecule has 0 fully saturated rings. The fraction of sp³-hybridized carbons (Fsp3) is 0.364. The Morgan fingerprint density at radius 3 is 2.34 bits per heavy atom. The topological polar surface area (TPSA) is 92.2 Å². The number of nitrogens with one attached hydrogen (secondary N) is 2. The van der Waals surface area contributed by atoms with Crippen LogP contribution in [0.1, 0.15) is 17.5 Å². The zero-order valence-electron chi connectivity index (χ0n) is 17.9. The third kappa shape index (κ3) is 8.06. The van der Waals surface area contributed by atoms with Gasteiger partial charge in [-0.3, -0.25) is 4.79 Å². The molecule has 0 aliphatic carbocycles. The molecule has 7 nitrogen and oxygen atoms in total. The summed E-state index contributed by atoms with van der Waals surface area (Å²) in [6.45, 7) is 1.90. The summed E-state index contributed by atoms with van der Waals surface area (Å²) in [4.78, 5) is 12.5. The molecule has 1 amide bonds. The number of rotatable bonds is 12. The van der Waals surface area contributed by atoms with Gasteiger partial charge in [0.15, 0.2) is 0 Å². The molecule has 3 N–H and O–H groups in total. The van der Waals surface area contributed by atoms with Crippen LogP contribution in [-0.4, -0.2) is 50.7 Å². The lowest BCUT2D eigenvalue weighted by Crippen LogP contribution is -2.33. The molecule has 2 aromatic rings. The van der Waals surface area contributed by atoms with Gasteiger partial charge in [0, 0.05) is 13.0 Å². The molecule has 2 rings (SSSR count). The van der Waals surface area contributed by atoms with Crippen molar-refractivity contribution in [1.82, 2.24) is 10.6 Å². The molecule has 2 aromatic carbocycles. The summed E-state index contributed by atoms with van der Waals surface area (Å²) < 4.78 is 13.5. The van der Waals surface area contributed by atoms with E-state index in [1.807, 2.05) is 31.3 Å². The van der Waals surface area contributed by atoms with Crippen LogP contribution in [0.5, 0.6) is 11.5 Å². The molecular formula is C22H26Br3N3O4. The molecule has 0 radical (unpaired) electrons. The molecule has 174 valence electrons. The number of ether oxygens (including phenoxy) is 2. The molecule has 0 unspecified atom stereocenters. The summed E-state index contributed by atoms with van der Waals surface area (Å²) in [6.07, 6.45) is 1.71. The molecule has 0 atom stereocenters. The number of amides is 1. The Morgan fingerprint density at radius 1 is 1.06 bits per heavy atom. The highest BCUT2D eigenvalue weighted by Crippen LogP contribution is 2.35. The highest BCUT2D eigenvalue weighted by Gasteiger charge is 2.15. The first-order valence-electron chi connectivity index (χ1n) is 9.96. The van der Waals surface area contributed by atoms with Crippen molar-refractivity contribution < 1.29 is 19.5 Å². The number of halogens is 3. The van der Waals surface area contributed by atoms with Crippen LogP contribution in [0.2, 0.25) is 0 Å². The lowest BCUT2D eigenvalue weighted by molar-refractivity contribution is -0.115. The molecule has 10 heteroatoms. The maximum Gasteiger partial charge on any atom is 0.269 e.